The van der Waals surface area contributed by atoms with E-state index in [1.54, 1.807) is 23.4 Å². The van der Waals surface area contributed by atoms with Crippen molar-refractivity contribution in [1.82, 2.24) is 35.1 Å². The van der Waals surface area contributed by atoms with Gasteiger partial charge in [-0.05, 0) is 55.9 Å². The Morgan fingerprint density at radius 3 is 2.40 bits per heavy atom. The van der Waals surface area contributed by atoms with Crippen molar-refractivity contribution in [3.63, 3.8) is 0 Å². The van der Waals surface area contributed by atoms with Gasteiger partial charge in [0, 0.05) is 98.6 Å². The molecule has 7 heterocycles. The van der Waals surface area contributed by atoms with Gasteiger partial charge in [0.15, 0.2) is 5.69 Å². The zero-order chi connectivity index (χ0) is 40.1. The lowest BCUT2D eigenvalue weighted by Crippen LogP contribution is -2.74. The number of amides is 4. The summed E-state index contributed by atoms with van der Waals surface area (Å²) in [5, 5.41) is 16.0. The number of carbonyl (C=O) groups is 3. The number of urea groups is 1. The summed E-state index contributed by atoms with van der Waals surface area (Å²) in [4.78, 5) is 57.5. The van der Waals surface area contributed by atoms with Crippen LogP contribution >= 0.6 is 11.6 Å². The average Bonchev–Trinajstić information content (AvgIpc) is 3.64. The lowest BCUT2D eigenvalue weighted by Gasteiger charge is -2.63. The molecule has 14 nitrogen and oxygen atoms in total. The molecule has 0 spiro atoms. The summed E-state index contributed by atoms with van der Waals surface area (Å²) in [5.41, 5.74) is 0.974. The predicted molar refractivity (Wildman–Crippen MR) is 216 cm³/mol. The Hall–Kier alpha value is -5.26. The molecule has 0 unspecified atom stereocenters. The maximum absolute atomic E-state index is 13.5. The minimum Gasteiger partial charge on any atom is -0.487 e. The van der Waals surface area contributed by atoms with Crippen LogP contribution < -0.4 is 25.2 Å². The Balaban J connectivity index is 0.800. The third kappa shape index (κ3) is 7.39. The van der Waals surface area contributed by atoms with Gasteiger partial charge in [0.05, 0.1) is 22.3 Å². The van der Waals surface area contributed by atoms with Crippen LogP contribution in [-0.4, -0.2) is 93.7 Å². The summed E-state index contributed by atoms with van der Waals surface area (Å²) >= 11 is 6.19. The van der Waals surface area contributed by atoms with E-state index in [4.69, 9.17) is 26.6 Å². The lowest BCUT2D eigenvalue weighted by molar-refractivity contribution is -0.164. The van der Waals surface area contributed by atoms with E-state index >= 15 is 0 Å². The highest BCUT2D eigenvalue weighted by Gasteiger charge is 2.64. The number of likely N-dealkylation sites (tertiary alicyclic amines) is 1. The monoisotopic (exact) mass is 792 g/mol. The lowest BCUT2D eigenvalue weighted by atomic mass is 9.49. The van der Waals surface area contributed by atoms with Crippen molar-refractivity contribution in [2.45, 2.75) is 78.0 Å². The van der Waals surface area contributed by atoms with Gasteiger partial charge in [0.2, 0.25) is 5.91 Å². The summed E-state index contributed by atoms with van der Waals surface area (Å²) in [6.07, 6.45) is 11.4. The van der Waals surface area contributed by atoms with E-state index in [9.17, 15) is 14.4 Å². The molecular weight excluding hydrogens is 744 g/mol. The van der Waals surface area contributed by atoms with E-state index < -0.39 is 6.03 Å². The number of ether oxygens (including phenoxy) is 1. The van der Waals surface area contributed by atoms with Crippen LogP contribution in [0.25, 0.3) is 10.9 Å². The van der Waals surface area contributed by atoms with E-state index in [0.29, 0.717) is 35.6 Å². The Morgan fingerprint density at radius 2 is 1.74 bits per heavy atom. The fraction of sp³-hybridized carbons (Fsp3) is 0.500. The molecule has 4 aliphatic rings. The summed E-state index contributed by atoms with van der Waals surface area (Å²) in [6, 6.07) is 11.3. The number of halogens is 1. The smallest absolute Gasteiger partial charge is 0.329 e. The fourth-order valence-electron chi connectivity index (χ4n) is 9.89. The van der Waals surface area contributed by atoms with E-state index in [1.165, 1.54) is 6.20 Å². The highest BCUT2D eigenvalue weighted by Crippen LogP contribution is 2.55. The molecule has 8 rings (SSSR count). The molecule has 4 fully saturated rings. The van der Waals surface area contributed by atoms with Crippen LogP contribution in [0.15, 0.2) is 55.1 Å². The highest BCUT2D eigenvalue weighted by atomic mass is 35.5. The minimum atomic E-state index is -0.417. The van der Waals surface area contributed by atoms with Gasteiger partial charge in [-0.25, -0.2) is 19.7 Å². The number of nitrogens with one attached hydrogen (secondary N) is 2. The Kier molecular flexibility index (Phi) is 10.3. The standard InChI is InChI=1S/C42H49ClN10O4/c1-41(2)38(42(3,4)39(41)57-29-21-31(43)32(22-44)46-24-29)49-37(55)27-5-6-34(47-23-27)51-17-8-26(9-18-51)25-50-15-10-28(11-16-50)52-19-12-30-33(52)7-14-45-36(30)53-20-13-35(54)48-40(53)56/h5-7,12,14,19,21,23-24,26,28,38-39H,8-11,13,15-18,20,25H2,1-4H3,(H,49,55)(H,48,54,56). The first-order valence-corrected chi connectivity index (χ1v) is 20.2. The Morgan fingerprint density at radius 1 is 0.982 bits per heavy atom. The van der Waals surface area contributed by atoms with Crippen LogP contribution in [0.2, 0.25) is 5.02 Å². The molecule has 4 aromatic rings. The molecule has 57 heavy (non-hydrogen) atoms. The largest absolute Gasteiger partial charge is 0.487 e. The number of anilines is 2. The van der Waals surface area contributed by atoms with E-state index in [0.717, 1.165) is 75.1 Å². The predicted octanol–water partition coefficient (Wildman–Crippen LogP) is 5.96. The number of aromatic nitrogens is 4. The second kappa shape index (κ2) is 15.2. The number of hydrogen-bond acceptors (Lipinski definition) is 10. The van der Waals surface area contributed by atoms with Crippen molar-refractivity contribution in [1.29, 1.82) is 5.26 Å². The molecule has 0 radical (unpaired) electrons. The van der Waals surface area contributed by atoms with Crippen LogP contribution in [0.4, 0.5) is 16.4 Å². The molecule has 2 N–H and O–H groups in total. The molecule has 3 saturated heterocycles. The van der Waals surface area contributed by atoms with Gasteiger partial charge in [-0.2, -0.15) is 5.26 Å². The van der Waals surface area contributed by atoms with E-state index in [-0.39, 0.29) is 51.9 Å². The Labute approximate surface area is 337 Å². The zero-order valence-electron chi connectivity index (χ0n) is 32.9. The molecule has 0 atom stereocenters. The highest BCUT2D eigenvalue weighted by molar-refractivity contribution is 6.31. The number of fused-ring (bicyclic) bond motifs is 1. The fourth-order valence-corrected chi connectivity index (χ4v) is 10.1. The molecule has 1 aliphatic carbocycles. The molecule has 0 aromatic carbocycles. The summed E-state index contributed by atoms with van der Waals surface area (Å²) < 4.78 is 8.65. The maximum Gasteiger partial charge on any atom is 0.329 e. The minimum absolute atomic E-state index is 0.154. The summed E-state index contributed by atoms with van der Waals surface area (Å²) in [5.74, 6) is 2.19. The number of pyridine rings is 3. The van der Waals surface area contributed by atoms with Crippen LogP contribution in [-0.2, 0) is 4.79 Å². The average molecular weight is 793 g/mol. The first-order chi connectivity index (χ1) is 27.3. The quantitative estimate of drug-likeness (QED) is 0.207. The first-order valence-electron chi connectivity index (χ1n) is 19.9. The second-order valence-electron chi connectivity index (χ2n) is 17.1. The number of hydrogen-bond donors (Lipinski definition) is 2. The van der Waals surface area contributed by atoms with E-state index in [1.807, 2.05) is 30.3 Å². The molecule has 4 amide bonds. The van der Waals surface area contributed by atoms with Crippen LogP contribution in [0.5, 0.6) is 5.75 Å². The SMILES string of the molecule is CC1(C)C(NC(=O)c2ccc(N3CCC(CN4CCC(n5ccc6c(N7CCC(=O)NC7=O)nccc65)CC4)CC3)nc2)C(C)(C)C1Oc1cnc(C#N)c(Cl)c1. The van der Waals surface area contributed by atoms with Crippen molar-refractivity contribution < 1.29 is 19.1 Å². The number of imide groups is 1. The third-order valence-electron chi connectivity index (χ3n) is 12.6. The summed E-state index contributed by atoms with van der Waals surface area (Å²) in [6.45, 7) is 13.7. The number of piperidine rings is 2. The van der Waals surface area contributed by atoms with Crippen molar-refractivity contribution in [3.8, 4) is 11.8 Å². The van der Waals surface area contributed by atoms with E-state index in [2.05, 4.69) is 68.9 Å². The molecule has 15 heteroatoms. The normalized spacial score (nSPS) is 22.8. The topological polar surface area (TPSA) is 162 Å². The third-order valence-corrected chi connectivity index (χ3v) is 12.9. The van der Waals surface area contributed by atoms with Crippen LogP contribution in [0.1, 0.15) is 81.9 Å². The van der Waals surface area contributed by atoms with Gasteiger partial charge >= 0.3 is 6.03 Å². The number of nitrogens with zero attached hydrogens (tertiary/aromatic N) is 8. The zero-order valence-corrected chi connectivity index (χ0v) is 33.6. The maximum atomic E-state index is 13.5. The summed E-state index contributed by atoms with van der Waals surface area (Å²) in [7, 11) is 0. The van der Waals surface area contributed by atoms with Crippen LogP contribution in [0, 0.1) is 28.1 Å². The van der Waals surface area contributed by atoms with Gasteiger partial charge in [-0.3, -0.25) is 19.8 Å². The van der Waals surface area contributed by atoms with Crippen molar-refractivity contribution in [2.75, 3.05) is 49.1 Å². The molecule has 3 aliphatic heterocycles. The number of rotatable bonds is 9. The van der Waals surface area contributed by atoms with Crippen molar-refractivity contribution in [3.05, 3.63) is 71.4 Å². The van der Waals surface area contributed by atoms with Gasteiger partial charge in [0.25, 0.3) is 5.91 Å². The number of carbonyl (C=O) groups excluding carboxylic acids is 3. The van der Waals surface area contributed by atoms with Gasteiger partial charge in [-0.15, -0.1) is 0 Å². The molecule has 1 saturated carbocycles. The van der Waals surface area contributed by atoms with Crippen molar-refractivity contribution >= 4 is 52.0 Å². The van der Waals surface area contributed by atoms with Gasteiger partial charge in [0.1, 0.15) is 29.6 Å². The Bertz CT molecular complexity index is 2200. The molecule has 298 valence electrons. The molecular formula is C42H49ClN10O4. The molecule has 0 bridgehead atoms. The number of nitriles is 1. The van der Waals surface area contributed by atoms with Gasteiger partial charge < -0.3 is 24.4 Å². The second-order valence-corrected chi connectivity index (χ2v) is 17.5. The van der Waals surface area contributed by atoms with Gasteiger partial charge in [-0.1, -0.05) is 39.3 Å². The first kappa shape index (κ1) is 38.6. The van der Waals surface area contributed by atoms with Crippen molar-refractivity contribution in [2.24, 2.45) is 16.7 Å². The molecule has 4 aromatic heterocycles. The van der Waals surface area contributed by atoms with Crippen LogP contribution in [0.3, 0.4) is 0 Å².